The molecule has 0 amide bonds. The summed E-state index contributed by atoms with van der Waals surface area (Å²) < 4.78 is 0. The third-order valence-corrected chi connectivity index (χ3v) is 3.50. The van der Waals surface area contributed by atoms with Crippen LogP contribution in [0.25, 0.3) is 0 Å². The van der Waals surface area contributed by atoms with Gasteiger partial charge in [-0.1, -0.05) is 27.7 Å². The number of aliphatic hydroxyl groups is 1. The molecule has 90 valence electrons. The minimum absolute atomic E-state index is 0.360. The number of nitrogens with one attached hydrogen (secondary N) is 1. The van der Waals surface area contributed by atoms with Gasteiger partial charge in [0, 0.05) is 12.6 Å². The van der Waals surface area contributed by atoms with Gasteiger partial charge in [0.15, 0.2) is 0 Å². The van der Waals surface area contributed by atoms with Gasteiger partial charge in [-0.3, -0.25) is 0 Å². The minimum Gasteiger partial charge on any atom is -0.390 e. The molecule has 0 spiro atoms. The number of hydrogen-bond donors (Lipinski definition) is 2. The average Bonchev–Trinajstić information content (AvgIpc) is 2.16. The molecule has 0 aromatic heterocycles. The molecule has 1 aliphatic carbocycles. The average molecular weight is 213 g/mol. The minimum atomic E-state index is -0.361. The van der Waals surface area contributed by atoms with E-state index in [0.717, 1.165) is 38.6 Å². The Hall–Kier alpha value is -0.0800. The number of hydrogen-bond acceptors (Lipinski definition) is 2. The van der Waals surface area contributed by atoms with Crippen LogP contribution in [0.3, 0.4) is 0 Å². The lowest BCUT2D eigenvalue weighted by Gasteiger charge is -2.36. The lowest BCUT2D eigenvalue weighted by Crippen LogP contribution is -2.43. The molecule has 1 fully saturated rings. The van der Waals surface area contributed by atoms with E-state index in [2.05, 4.69) is 33.0 Å². The fourth-order valence-corrected chi connectivity index (χ4v) is 2.16. The summed E-state index contributed by atoms with van der Waals surface area (Å²) in [7, 11) is 0. The first kappa shape index (κ1) is 13.0. The van der Waals surface area contributed by atoms with Crippen LogP contribution in [-0.4, -0.2) is 23.3 Å². The third-order valence-electron chi connectivity index (χ3n) is 3.50. The summed E-state index contributed by atoms with van der Waals surface area (Å²) in [6, 6.07) is 0.621. The second-order valence-corrected chi connectivity index (χ2v) is 6.29. The highest BCUT2D eigenvalue weighted by Crippen LogP contribution is 2.31. The Bertz CT molecular complexity index is 187. The molecule has 2 heteroatoms. The van der Waals surface area contributed by atoms with Crippen LogP contribution in [0.5, 0.6) is 0 Å². The summed E-state index contributed by atoms with van der Waals surface area (Å²) in [4.78, 5) is 0. The first-order valence-electron chi connectivity index (χ1n) is 6.30. The standard InChI is InChI=1S/C13H27NO/c1-5-13(15)8-6-11(7-9-13)14-10-12(2,3)4/h11,14-15H,5-10H2,1-4H3. The van der Waals surface area contributed by atoms with Gasteiger partial charge < -0.3 is 10.4 Å². The normalized spacial score (nSPS) is 33.0. The zero-order valence-corrected chi connectivity index (χ0v) is 10.8. The van der Waals surface area contributed by atoms with Gasteiger partial charge >= 0.3 is 0 Å². The second-order valence-electron chi connectivity index (χ2n) is 6.29. The fraction of sp³-hybridized carbons (Fsp3) is 1.00. The van der Waals surface area contributed by atoms with Crippen molar-refractivity contribution in [1.29, 1.82) is 0 Å². The molecule has 0 aromatic rings. The van der Waals surface area contributed by atoms with E-state index in [1.807, 2.05) is 0 Å². The molecule has 1 saturated carbocycles. The summed E-state index contributed by atoms with van der Waals surface area (Å²) in [5.74, 6) is 0. The van der Waals surface area contributed by atoms with E-state index in [9.17, 15) is 5.11 Å². The Kier molecular flexibility index (Phi) is 4.19. The van der Waals surface area contributed by atoms with Gasteiger partial charge in [-0.2, -0.15) is 0 Å². The Labute approximate surface area is 94.5 Å². The smallest absolute Gasteiger partial charge is 0.0646 e. The van der Waals surface area contributed by atoms with Crippen molar-refractivity contribution < 1.29 is 5.11 Å². The van der Waals surface area contributed by atoms with Crippen LogP contribution < -0.4 is 5.32 Å². The molecule has 0 aromatic carbocycles. The van der Waals surface area contributed by atoms with Gasteiger partial charge in [0.25, 0.3) is 0 Å². The second kappa shape index (κ2) is 4.84. The molecule has 15 heavy (non-hydrogen) atoms. The largest absolute Gasteiger partial charge is 0.390 e. The van der Waals surface area contributed by atoms with Crippen LogP contribution in [-0.2, 0) is 0 Å². The van der Waals surface area contributed by atoms with Crippen LogP contribution >= 0.6 is 0 Å². The third kappa shape index (κ3) is 4.52. The quantitative estimate of drug-likeness (QED) is 0.755. The zero-order valence-electron chi connectivity index (χ0n) is 10.8. The van der Waals surface area contributed by atoms with Crippen molar-refractivity contribution in [3.63, 3.8) is 0 Å². The first-order valence-corrected chi connectivity index (χ1v) is 6.30. The van der Waals surface area contributed by atoms with E-state index in [1.54, 1.807) is 0 Å². The lowest BCUT2D eigenvalue weighted by molar-refractivity contribution is -0.00736. The summed E-state index contributed by atoms with van der Waals surface area (Å²) in [6.07, 6.45) is 5.08. The summed E-state index contributed by atoms with van der Waals surface area (Å²) in [5.41, 5.74) is -0.00157. The van der Waals surface area contributed by atoms with Crippen molar-refractivity contribution in [3.05, 3.63) is 0 Å². The fourth-order valence-electron chi connectivity index (χ4n) is 2.16. The molecule has 0 atom stereocenters. The molecule has 0 unspecified atom stereocenters. The predicted molar refractivity (Wildman–Crippen MR) is 65.0 cm³/mol. The maximum Gasteiger partial charge on any atom is 0.0646 e. The van der Waals surface area contributed by atoms with Crippen molar-refractivity contribution in [2.75, 3.05) is 6.54 Å². The predicted octanol–water partition coefficient (Wildman–Crippen LogP) is 2.71. The van der Waals surface area contributed by atoms with Crippen LogP contribution in [0.2, 0.25) is 0 Å². The number of rotatable bonds is 3. The van der Waals surface area contributed by atoms with Gasteiger partial charge in [0.1, 0.15) is 0 Å². The van der Waals surface area contributed by atoms with E-state index >= 15 is 0 Å². The highest BCUT2D eigenvalue weighted by molar-refractivity contribution is 4.87. The van der Waals surface area contributed by atoms with Gasteiger partial charge in [-0.15, -0.1) is 0 Å². The van der Waals surface area contributed by atoms with Crippen molar-refractivity contribution in [2.24, 2.45) is 5.41 Å². The van der Waals surface area contributed by atoms with E-state index in [0.29, 0.717) is 11.5 Å². The van der Waals surface area contributed by atoms with Crippen LogP contribution in [0.1, 0.15) is 59.8 Å². The van der Waals surface area contributed by atoms with Crippen molar-refractivity contribution in [1.82, 2.24) is 5.32 Å². The van der Waals surface area contributed by atoms with Crippen molar-refractivity contribution in [2.45, 2.75) is 71.4 Å². The summed E-state index contributed by atoms with van der Waals surface area (Å²) in [5, 5.41) is 13.7. The van der Waals surface area contributed by atoms with Gasteiger partial charge in [-0.05, 0) is 37.5 Å². The lowest BCUT2D eigenvalue weighted by atomic mass is 9.80. The molecule has 0 saturated heterocycles. The SMILES string of the molecule is CCC1(O)CCC(NCC(C)(C)C)CC1. The zero-order chi connectivity index (χ0) is 11.5. The summed E-state index contributed by atoms with van der Waals surface area (Å²) in [6.45, 7) is 9.92. The molecule has 1 aliphatic rings. The monoisotopic (exact) mass is 213 g/mol. The van der Waals surface area contributed by atoms with Crippen molar-refractivity contribution >= 4 is 0 Å². The van der Waals surface area contributed by atoms with E-state index < -0.39 is 0 Å². The van der Waals surface area contributed by atoms with E-state index in [4.69, 9.17) is 0 Å². The first-order chi connectivity index (χ1) is 6.85. The Morgan fingerprint density at radius 3 is 2.20 bits per heavy atom. The highest BCUT2D eigenvalue weighted by Gasteiger charge is 2.31. The van der Waals surface area contributed by atoms with Crippen LogP contribution in [0.15, 0.2) is 0 Å². The van der Waals surface area contributed by atoms with Crippen LogP contribution in [0.4, 0.5) is 0 Å². The molecule has 0 aliphatic heterocycles. The summed E-state index contributed by atoms with van der Waals surface area (Å²) >= 11 is 0. The molecule has 2 N–H and O–H groups in total. The maximum absolute atomic E-state index is 10.1. The van der Waals surface area contributed by atoms with Crippen molar-refractivity contribution in [3.8, 4) is 0 Å². The van der Waals surface area contributed by atoms with Gasteiger partial charge in [-0.25, -0.2) is 0 Å². The molecule has 0 heterocycles. The maximum atomic E-state index is 10.1. The highest BCUT2D eigenvalue weighted by atomic mass is 16.3. The molecular formula is C13H27NO. The molecule has 1 rings (SSSR count). The van der Waals surface area contributed by atoms with E-state index in [-0.39, 0.29) is 5.60 Å². The molecule has 2 nitrogen and oxygen atoms in total. The van der Waals surface area contributed by atoms with Gasteiger partial charge in [0.05, 0.1) is 5.60 Å². The molecule has 0 bridgehead atoms. The van der Waals surface area contributed by atoms with Crippen LogP contribution in [0, 0.1) is 5.41 Å². The Balaban J connectivity index is 2.26. The topological polar surface area (TPSA) is 32.3 Å². The van der Waals surface area contributed by atoms with E-state index in [1.165, 1.54) is 0 Å². The molecule has 0 radical (unpaired) electrons. The Morgan fingerprint density at radius 1 is 1.27 bits per heavy atom. The Morgan fingerprint density at radius 2 is 1.80 bits per heavy atom. The molecular weight excluding hydrogens is 186 g/mol. The van der Waals surface area contributed by atoms with Gasteiger partial charge in [0.2, 0.25) is 0 Å².